The van der Waals surface area contributed by atoms with Gasteiger partial charge in [-0.15, -0.1) is 11.3 Å². The van der Waals surface area contributed by atoms with Crippen LogP contribution in [0.4, 0.5) is 5.13 Å². The Bertz CT molecular complexity index is 1470. The second-order valence-electron chi connectivity index (χ2n) is 9.37. The summed E-state index contributed by atoms with van der Waals surface area (Å²) in [6, 6.07) is 12.5. The highest BCUT2D eigenvalue weighted by molar-refractivity contribution is 7.15. The topological polar surface area (TPSA) is 72.6 Å². The molecular weight excluding hydrogens is 472 g/mol. The van der Waals surface area contributed by atoms with Gasteiger partial charge in [0.05, 0.1) is 29.3 Å². The van der Waals surface area contributed by atoms with Crippen LogP contribution < -0.4 is 15.1 Å². The van der Waals surface area contributed by atoms with E-state index in [1.165, 1.54) is 24.2 Å². The molecule has 0 radical (unpaired) electrons. The van der Waals surface area contributed by atoms with Crippen LogP contribution in [0.25, 0.3) is 11.0 Å². The molecule has 3 heterocycles. The van der Waals surface area contributed by atoms with E-state index in [0.29, 0.717) is 28.3 Å². The number of carbonyl (C=O) groups excluding carboxylic acids is 1. The fraction of sp³-hybridized carbons (Fsp3) is 0.345. The van der Waals surface area contributed by atoms with Crippen molar-refractivity contribution in [3.05, 3.63) is 85.7 Å². The zero-order valence-corrected chi connectivity index (χ0v) is 21.9. The minimum absolute atomic E-state index is 0.0862. The highest BCUT2D eigenvalue weighted by Crippen LogP contribution is 2.43. The standard InChI is InChI=1S/C29H30N2O4S/c1-5-6-7-8-15-34-21-12-10-20(11-13-21)25-24-26(32)22-16-17(2)9-14-23(22)35-27(24)28(33)31(25)29-30-18(3)19(4)36-29/h9-14,16,25H,5-8,15H2,1-4H3. The van der Waals surface area contributed by atoms with Gasteiger partial charge in [0.25, 0.3) is 5.91 Å². The van der Waals surface area contributed by atoms with Crippen LogP contribution in [0, 0.1) is 20.8 Å². The Balaban J connectivity index is 1.58. The van der Waals surface area contributed by atoms with Crippen LogP contribution in [0.5, 0.6) is 5.75 Å². The Kier molecular flexibility index (Phi) is 6.67. The molecule has 5 rings (SSSR count). The SMILES string of the molecule is CCCCCCOc1ccc(C2c3c(oc4ccc(C)cc4c3=O)C(=O)N2c2nc(C)c(C)s2)cc1. The molecule has 0 N–H and O–H groups in total. The summed E-state index contributed by atoms with van der Waals surface area (Å²) < 4.78 is 12.0. The lowest BCUT2D eigenvalue weighted by Crippen LogP contribution is -2.29. The van der Waals surface area contributed by atoms with Gasteiger partial charge in [0, 0.05) is 4.88 Å². The third kappa shape index (κ3) is 4.32. The van der Waals surface area contributed by atoms with Crippen molar-refractivity contribution in [3.8, 4) is 5.75 Å². The van der Waals surface area contributed by atoms with Gasteiger partial charge < -0.3 is 9.15 Å². The van der Waals surface area contributed by atoms with Crippen LogP contribution in [0.15, 0.2) is 51.7 Å². The van der Waals surface area contributed by atoms with E-state index in [2.05, 4.69) is 11.9 Å². The Morgan fingerprint density at radius 3 is 2.50 bits per heavy atom. The molecular formula is C29H30N2O4S. The molecule has 1 atom stereocenters. The number of hydrogen-bond acceptors (Lipinski definition) is 6. The maximum Gasteiger partial charge on any atom is 0.297 e. The average molecular weight is 503 g/mol. The summed E-state index contributed by atoms with van der Waals surface area (Å²) in [5.74, 6) is 0.510. The predicted molar refractivity (Wildman–Crippen MR) is 144 cm³/mol. The van der Waals surface area contributed by atoms with Crippen molar-refractivity contribution < 1.29 is 13.9 Å². The molecule has 0 saturated heterocycles. The smallest absolute Gasteiger partial charge is 0.297 e. The first-order valence-electron chi connectivity index (χ1n) is 12.5. The Morgan fingerprint density at radius 2 is 1.81 bits per heavy atom. The molecule has 0 fully saturated rings. The second-order valence-corrected chi connectivity index (χ2v) is 10.5. The number of aryl methyl sites for hydroxylation is 3. The van der Waals surface area contributed by atoms with Crippen molar-refractivity contribution in [2.45, 2.75) is 59.4 Å². The van der Waals surface area contributed by atoms with Crippen LogP contribution in [-0.4, -0.2) is 17.5 Å². The Labute approximate surface area is 214 Å². The molecule has 1 unspecified atom stereocenters. The zero-order valence-electron chi connectivity index (χ0n) is 21.1. The van der Waals surface area contributed by atoms with Crippen molar-refractivity contribution in [1.82, 2.24) is 4.98 Å². The number of hydrogen-bond donors (Lipinski definition) is 0. The second kappa shape index (κ2) is 9.90. The van der Waals surface area contributed by atoms with E-state index >= 15 is 0 Å². The van der Waals surface area contributed by atoms with E-state index in [0.717, 1.165) is 40.3 Å². The number of benzene rings is 2. The Morgan fingerprint density at radius 1 is 1.03 bits per heavy atom. The van der Waals surface area contributed by atoms with Gasteiger partial charge in [-0.25, -0.2) is 4.98 Å². The third-order valence-corrected chi connectivity index (χ3v) is 7.78. The summed E-state index contributed by atoms with van der Waals surface area (Å²) in [5, 5.41) is 1.04. The van der Waals surface area contributed by atoms with Crippen LogP contribution in [-0.2, 0) is 0 Å². The average Bonchev–Trinajstić information content (AvgIpc) is 3.35. The van der Waals surface area contributed by atoms with E-state index in [-0.39, 0.29) is 17.1 Å². The summed E-state index contributed by atoms with van der Waals surface area (Å²) in [6.07, 6.45) is 4.57. The van der Waals surface area contributed by atoms with Gasteiger partial charge in [-0.2, -0.15) is 0 Å². The summed E-state index contributed by atoms with van der Waals surface area (Å²) in [5.41, 5.74) is 3.22. The van der Waals surface area contributed by atoms with Crippen molar-refractivity contribution in [2.75, 3.05) is 11.5 Å². The van der Waals surface area contributed by atoms with Gasteiger partial charge in [0.2, 0.25) is 5.76 Å². The summed E-state index contributed by atoms with van der Waals surface area (Å²) in [4.78, 5) is 34.7. The molecule has 0 aliphatic carbocycles. The van der Waals surface area contributed by atoms with Crippen LogP contribution in [0.1, 0.15) is 76.5 Å². The minimum Gasteiger partial charge on any atom is -0.494 e. The van der Waals surface area contributed by atoms with Crippen molar-refractivity contribution >= 4 is 33.3 Å². The lowest BCUT2D eigenvalue weighted by atomic mass is 9.98. The van der Waals surface area contributed by atoms with Gasteiger partial charge in [-0.05, 0) is 57.0 Å². The zero-order chi connectivity index (χ0) is 25.4. The fourth-order valence-electron chi connectivity index (χ4n) is 4.62. The lowest BCUT2D eigenvalue weighted by Gasteiger charge is -2.22. The summed E-state index contributed by atoms with van der Waals surface area (Å²) >= 11 is 1.44. The maximum atomic E-state index is 13.8. The number of fused-ring (bicyclic) bond motifs is 2. The number of nitrogens with zero attached hydrogens (tertiary/aromatic N) is 2. The summed E-state index contributed by atoms with van der Waals surface area (Å²) in [6.45, 7) is 8.69. The van der Waals surface area contributed by atoms with Crippen molar-refractivity contribution in [2.24, 2.45) is 0 Å². The largest absolute Gasteiger partial charge is 0.494 e. The van der Waals surface area contributed by atoms with E-state index < -0.39 is 6.04 Å². The molecule has 7 heteroatoms. The molecule has 2 aromatic heterocycles. The van der Waals surface area contributed by atoms with Crippen LogP contribution >= 0.6 is 11.3 Å². The highest BCUT2D eigenvalue weighted by Gasteiger charge is 2.45. The van der Waals surface area contributed by atoms with E-state index in [4.69, 9.17) is 9.15 Å². The molecule has 36 heavy (non-hydrogen) atoms. The number of thiazole rings is 1. The number of unbranched alkanes of at least 4 members (excludes halogenated alkanes) is 3. The van der Waals surface area contributed by atoms with E-state index in [1.54, 1.807) is 11.0 Å². The van der Waals surface area contributed by atoms with Gasteiger partial charge in [0.15, 0.2) is 10.6 Å². The van der Waals surface area contributed by atoms with Gasteiger partial charge in [-0.3, -0.25) is 14.5 Å². The first-order chi connectivity index (χ1) is 17.4. The highest BCUT2D eigenvalue weighted by atomic mass is 32.1. The molecule has 4 aromatic rings. The normalized spacial score (nSPS) is 15.1. The molecule has 2 aromatic carbocycles. The van der Waals surface area contributed by atoms with Gasteiger partial charge >= 0.3 is 0 Å². The van der Waals surface area contributed by atoms with E-state index in [9.17, 15) is 9.59 Å². The number of carbonyl (C=O) groups is 1. The molecule has 0 spiro atoms. The summed E-state index contributed by atoms with van der Waals surface area (Å²) in [7, 11) is 0. The number of rotatable bonds is 8. The first kappa shape index (κ1) is 24.3. The van der Waals surface area contributed by atoms with Crippen molar-refractivity contribution in [1.29, 1.82) is 0 Å². The molecule has 1 aliphatic rings. The fourth-order valence-corrected chi connectivity index (χ4v) is 5.56. The quantitative estimate of drug-likeness (QED) is 0.246. The number of amides is 1. The third-order valence-electron chi connectivity index (χ3n) is 6.71. The van der Waals surface area contributed by atoms with Crippen molar-refractivity contribution in [3.63, 3.8) is 0 Å². The molecule has 1 aliphatic heterocycles. The van der Waals surface area contributed by atoms with Gasteiger partial charge in [-0.1, -0.05) is 49.9 Å². The maximum absolute atomic E-state index is 13.8. The number of anilines is 1. The van der Waals surface area contributed by atoms with Crippen LogP contribution in [0.3, 0.4) is 0 Å². The molecule has 0 saturated carbocycles. The monoisotopic (exact) mass is 502 g/mol. The van der Waals surface area contributed by atoms with Gasteiger partial charge in [0.1, 0.15) is 11.3 Å². The molecule has 0 bridgehead atoms. The minimum atomic E-state index is -0.628. The number of aromatic nitrogens is 1. The van der Waals surface area contributed by atoms with Crippen LogP contribution in [0.2, 0.25) is 0 Å². The molecule has 6 nitrogen and oxygen atoms in total. The first-order valence-corrected chi connectivity index (χ1v) is 13.3. The Hall–Kier alpha value is -3.45. The lowest BCUT2D eigenvalue weighted by molar-refractivity contribution is 0.0971. The molecule has 1 amide bonds. The number of ether oxygens (including phenoxy) is 1. The van der Waals surface area contributed by atoms with E-state index in [1.807, 2.05) is 57.2 Å². The molecule has 186 valence electrons. The predicted octanol–water partition coefficient (Wildman–Crippen LogP) is 6.88.